The zero-order valence-electron chi connectivity index (χ0n) is 10.7. The van der Waals surface area contributed by atoms with E-state index in [1.807, 2.05) is 6.92 Å². The number of hydrazine groups is 1. The molecule has 0 aromatic carbocycles. The van der Waals surface area contributed by atoms with Crippen molar-refractivity contribution in [2.75, 3.05) is 10.7 Å². The Morgan fingerprint density at radius 3 is 2.26 bits per heavy atom. The van der Waals surface area contributed by atoms with Crippen LogP contribution in [0.1, 0.15) is 31.2 Å². The highest BCUT2D eigenvalue weighted by molar-refractivity contribution is 5.58. The average molecular weight is 275 g/mol. The predicted octanol–water partition coefficient (Wildman–Crippen LogP) is 2.14. The Bertz CT molecular complexity index is 482. The molecule has 2 rings (SSSR count). The van der Waals surface area contributed by atoms with Crippen LogP contribution in [-0.4, -0.2) is 21.7 Å². The van der Waals surface area contributed by atoms with Crippen LogP contribution in [0.3, 0.4) is 0 Å². The van der Waals surface area contributed by atoms with Gasteiger partial charge < -0.3 is 10.7 Å². The number of rotatable bonds is 4. The van der Waals surface area contributed by atoms with Gasteiger partial charge in [0, 0.05) is 12.0 Å². The number of hydrogen-bond acceptors (Lipinski definition) is 5. The molecule has 1 fully saturated rings. The summed E-state index contributed by atoms with van der Waals surface area (Å²) in [7, 11) is 0. The molecule has 0 amide bonds. The molecule has 1 saturated carbocycles. The highest BCUT2D eigenvalue weighted by Crippen LogP contribution is 2.51. The lowest BCUT2D eigenvalue weighted by Gasteiger charge is -2.23. The average Bonchev–Trinajstić information content (AvgIpc) is 3.12. The van der Waals surface area contributed by atoms with Crippen molar-refractivity contribution in [3.63, 3.8) is 0 Å². The fourth-order valence-corrected chi connectivity index (χ4v) is 1.81. The van der Waals surface area contributed by atoms with E-state index in [0.29, 0.717) is 23.6 Å². The van der Waals surface area contributed by atoms with Gasteiger partial charge >= 0.3 is 6.18 Å². The van der Waals surface area contributed by atoms with Crippen LogP contribution in [0.2, 0.25) is 0 Å². The number of nitrogens with zero attached hydrogens (tertiary/aromatic N) is 2. The smallest absolute Gasteiger partial charge is 0.356 e. The molecule has 8 heteroatoms. The summed E-state index contributed by atoms with van der Waals surface area (Å²) in [6.07, 6.45) is -3.64. The summed E-state index contributed by atoms with van der Waals surface area (Å²) in [5, 5.41) is 2.52. The Morgan fingerprint density at radius 2 is 1.84 bits per heavy atom. The van der Waals surface area contributed by atoms with Gasteiger partial charge in [-0.05, 0) is 19.8 Å². The Kier molecular flexibility index (Phi) is 3.29. The molecular weight excluding hydrogens is 259 g/mol. The number of hydrogen-bond donors (Lipinski definition) is 3. The van der Waals surface area contributed by atoms with Gasteiger partial charge in [0.15, 0.2) is 0 Å². The minimum absolute atomic E-state index is 0.0623. The lowest BCUT2D eigenvalue weighted by Crippen LogP contribution is -2.39. The van der Waals surface area contributed by atoms with E-state index in [2.05, 4.69) is 20.7 Å². The third-order valence-corrected chi connectivity index (χ3v) is 3.30. The Labute approximate surface area is 108 Å². The van der Waals surface area contributed by atoms with Crippen LogP contribution in [0, 0.1) is 6.92 Å². The summed E-state index contributed by atoms with van der Waals surface area (Å²) in [5.41, 5.74) is 1.02. The molecule has 0 bridgehead atoms. The minimum atomic E-state index is -4.28. The molecule has 0 unspecified atom stereocenters. The molecule has 0 spiro atoms. The second-order valence-electron chi connectivity index (χ2n) is 4.66. The fraction of sp³-hybridized carbons (Fsp3) is 0.636. The van der Waals surface area contributed by atoms with Crippen molar-refractivity contribution in [1.82, 2.24) is 9.97 Å². The second-order valence-corrected chi connectivity index (χ2v) is 4.66. The van der Waals surface area contributed by atoms with Gasteiger partial charge in [-0.2, -0.15) is 13.2 Å². The standard InChI is InChI=1S/C11H16F3N5/c1-3-7-16-8(6(2)9(17-7)19-15)18-10(4-5-10)11(12,13)14/h3-5,15H2,1-2H3,(H2,16,17,18,19). The van der Waals surface area contributed by atoms with Crippen LogP contribution in [0.4, 0.5) is 24.8 Å². The Morgan fingerprint density at radius 1 is 1.26 bits per heavy atom. The molecule has 1 heterocycles. The van der Waals surface area contributed by atoms with E-state index in [9.17, 15) is 13.2 Å². The summed E-state index contributed by atoms with van der Waals surface area (Å²) < 4.78 is 38.8. The van der Waals surface area contributed by atoms with Crippen LogP contribution in [0.15, 0.2) is 0 Å². The SMILES string of the molecule is CCc1nc(NN)c(C)c(NC2(C(F)(F)F)CC2)n1. The quantitative estimate of drug-likeness (QED) is 0.580. The number of anilines is 2. The number of nitrogens with one attached hydrogen (secondary N) is 2. The van der Waals surface area contributed by atoms with Crippen LogP contribution in [0.25, 0.3) is 0 Å². The van der Waals surface area contributed by atoms with Crippen molar-refractivity contribution in [3.8, 4) is 0 Å². The topological polar surface area (TPSA) is 75.9 Å². The van der Waals surface area contributed by atoms with Gasteiger partial charge in [0.2, 0.25) is 0 Å². The Balaban J connectivity index is 2.35. The second kappa shape index (κ2) is 4.52. The molecule has 1 aromatic rings. The van der Waals surface area contributed by atoms with Crippen molar-refractivity contribution in [1.29, 1.82) is 0 Å². The molecule has 5 nitrogen and oxygen atoms in total. The van der Waals surface area contributed by atoms with Gasteiger partial charge in [0.05, 0.1) is 0 Å². The highest BCUT2D eigenvalue weighted by Gasteiger charge is 2.63. The van der Waals surface area contributed by atoms with E-state index in [-0.39, 0.29) is 18.7 Å². The molecule has 106 valence electrons. The van der Waals surface area contributed by atoms with E-state index in [0.717, 1.165) is 0 Å². The van der Waals surface area contributed by atoms with E-state index in [1.165, 1.54) is 0 Å². The molecule has 0 saturated heterocycles. The molecule has 1 aromatic heterocycles. The van der Waals surface area contributed by atoms with E-state index in [1.54, 1.807) is 6.92 Å². The zero-order chi connectivity index (χ0) is 14.3. The van der Waals surface area contributed by atoms with Crippen LogP contribution in [0.5, 0.6) is 0 Å². The van der Waals surface area contributed by atoms with Gasteiger partial charge in [-0.1, -0.05) is 6.92 Å². The number of nitrogens with two attached hydrogens (primary N) is 1. The van der Waals surface area contributed by atoms with Gasteiger partial charge in [-0.25, -0.2) is 15.8 Å². The maximum absolute atomic E-state index is 12.9. The zero-order valence-corrected chi connectivity index (χ0v) is 10.7. The summed E-state index contributed by atoms with van der Waals surface area (Å²) in [4.78, 5) is 8.23. The summed E-state index contributed by atoms with van der Waals surface area (Å²) in [6.45, 7) is 3.45. The monoisotopic (exact) mass is 275 g/mol. The lowest BCUT2D eigenvalue weighted by molar-refractivity contribution is -0.151. The number of aromatic nitrogens is 2. The fourth-order valence-electron chi connectivity index (χ4n) is 1.81. The largest absolute Gasteiger partial charge is 0.411 e. The predicted molar refractivity (Wildman–Crippen MR) is 65.6 cm³/mol. The third kappa shape index (κ3) is 2.44. The van der Waals surface area contributed by atoms with Crippen molar-refractivity contribution in [3.05, 3.63) is 11.4 Å². The van der Waals surface area contributed by atoms with Crippen LogP contribution >= 0.6 is 0 Å². The summed E-state index contributed by atoms with van der Waals surface area (Å²) >= 11 is 0. The highest BCUT2D eigenvalue weighted by atomic mass is 19.4. The first-order valence-electron chi connectivity index (χ1n) is 6.02. The van der Waals surface area contributed by atoms with Crippen LogP contribution in [-0.2, 0) is 6.42 Å². The first-order valence-corrected chi connectivity index (χ1v) is 6.02. The molecule has 0 atom stereocenters. The van der Waals surface area contributed by atoms with Crippen LogP contribution < -0.4 is 16.6 Å². The number of halogens is 3. The maximum atomic E-state index is 12.9. The Hall–Kier alpha value is -1.57. The number of alkyl halides is 3. The van der Waals surface area contributed by atoms with Crippen molar-refractivity contribution >= 4 is 11.6 Å². The normalized spacial score (nSPS) is 17.2. The first kappa shape index (κ1) is 13.9. The number of nitrogen functional groups attached to an aromatic ring is 1. The molecule has 19 heavy (non-hydrogen) atoms. The summed E-state index contributed by atoms with van der Waals surface area (Å²) in [5.74, 6) is 6.29. The minimum Gasteiger partial charge on any atom is -0.356 e. The van der Waals surface area contributed by atoms with Gasteiger partial charge in [-0.15, -0.1) is 0 Å². The van der Waals surface area contributed by atoms with Gasteiger partial charge in [0.25, 0.3) is 0 Å². The third-order valence-electron chi connectivity index (χ3n) is 3.30. The van der Waals surface area contributed by atoms with E-state index in [4.69, 9.17) is 5.84 Å². The van der Waals surface area contributed by atoms with Crippen molar-refractivity contribution < 1.29 is 13.2 Å². The van der Waals surface area contributed by atoms with E-state index < -0.39 is 11.7 Å². The molecule has 1 aliphatic carbocycles. The molecule has 4 N–H and O–H groups in total. The summed E-state index contributed by atoms with van der Waals surface area (Å²) in [6, 6.07) is 0. The van der Waals surface area contributed by atoms with Gasteiger partial charge in [-0.3, -0.25) is 0 Å². The molecule has 1 aliphatic rings. The van der Waals surface area contributed by atoms with E-state index >= 15 is 0 Å². The maximum Gasteiger partial charge on any atom is 0.411 e. The first-order chi connectivity index (χ1) is 8.83. The van der Waals surface area contributed by atoms with Crippen molar-refractivity contribution in [2.45, 2.75) is 44.8 Å². The van der Waals surface area contributed by atoms with Gasteiger partial charge in [0.1, 0.15) is 23.0 Å². The number of aryl methyl sites for hydroxylation is 1. The molecular formula is C11H16F3N5. The van der Waals surface area contributed by atoms with Crippen molar-refractivity contribution in [2.24, 2.45) is 5.84 Å². The molecule has 0 radical (unpaired) electrons. The molecule has 0 aliphatic heterocycles. The lowest BCUT2D eigenvalue weighted by atomic mass is 10.2.